The van der Waals surface area contributed by atoms with Crippen LogP contribution in [0.4, 0.5) is 0 Å². The molecule has 0 atom stereocenters. The molecular formula is C13H17BrClNO2. The number of benzene rings is 1. The Morgan fingerprint density at radius 3 is 2.56 bits per heavy atom. The van der Waals surface area contributed by atoms with Crippen LogP contribution in [0.3, 0.4) is 0 Å². The Bertz CT molecular complexity index is 396. The minimum Gasteiger partial charge on any atom is -0.505 e. The lowest BCUT2D eigenvalue weighted by Crippen LogP contribution is -2.34. The molecule has 0 bridgehead atoms. The van der Waals surface area contributed by atoms with Crippen molar-refractivity contribution in [2.75, 3.05) is 0 Å². The Morgan fingerprint density at radius 1 is 1.28 bits per heavy atom. The molecule has 100 valence electrons. The second-order valence-corrected chi connectivity index (χ2v) is 6.06. The molecule has 0 unspecified atom stereocenters. The number of rotatable bonds is 3. The van der Waals surface area contributed by atoms with Crippen LogP contribution >= 0.6 is 27.5 Å². The number of aliphatic hydroxyl groups excluding tert-OH is 1. The van der Waals surface area contributed by atoms with Gasteiger partial charge in [0.1, 0.15) is 5.75 Å². The zero-order chi connectivity index (χ0) is 13.1. The van der Waals surface area contributed by atoms with E-state index in [0.717, 1.165) is 37.8 Å². The maximum atomic E-state index is 9.55. The molecule has 1 aliphatic rings. The molecule has 0 aromatic heterocycles. The summed E-state index contributed by atoms with van der Waals surface area (Å²) in [5.74, 6) is 0.0844. The van der Waals surface area contributed by atoms with E-state index in [-0.39, 0.29) is 11.9 Å². The second-order valence-electron chi connectivity index (χ2n) is 4.79. The molecule has 0 radical (unpaired) electrons. The van der Waals surface area contributed by atoms with E-state index in [0.29, 0.717) is 15.5 Å². The van der Waals surface area contributed by atoms with E-state index >= 15 is 0 Å². The number of aromatic hydroxyl groups is 1. The van der Waals surface area contributed by atoms with Crippen LogP contribution in [-0.2, 0) is 6.54 Å². The third-order valence-corrected chi connectivity index (χ3v) is 4.26. The van der Waals surface area contributed by atoms with Crippen LogP contribution in [0.5, 0.6) is 5.75 Å². The Balaban J connectivity index is 1.90. The van der Waals surface area contributed by atoms with Gasteiger partial charge in [-0.15, -0.1) is 0 Å². The van der Waals surface area contributed by atoms with Gasteiger partial charge in [0, 0.05) is 12.6 Å². The first-order valence-electron chi connectivity index (χ1n) is 6.14. The zero-order valence-electron chi connectivity index (χ0n) is 10.00. The highest BCUT2D eigenvalue weighted by atomic mass is 79.9. The van der Waals surface area contributed by atoms with Crippen LogP contribution in [0.2, 0.25) is 5.02 Å². The molecule has 0 amide bonds. The average Bonchev–Trinajstić information content (AvgIpc) is 2.35. The number of phenols is 1. The van der Waals surface area contributed by atoms with E-state index in [2.05, 4.69) is 21.2 Å². The maximum absolute atomic E-state index is 9.55. The van der Waals surface area contributed by atoms with Gasteiger partial charge in [0.05, 0.1) is 15.6 Å². The highest BCUT2D eigenvalue weighted by Gasteiger charge is 2.18. The Labute approximate surface area is 120 Å². The van der Waals surface area contributed by atoms with Gasteiger partial charge in [-0.2, -0.15) is 0 Å². The molecule has 0 heterocycles. The standard InChI is InChI=1S/C13H17BrClNO2/c14-11-5-8(6-12(15)13(11)18)7-16-9-1-3-10(17)4-2-9/h5-6,9-10,16-18H,1-4,7H2. The minimum atomic E-state index is -0.125. The molecule has 1 fully saturated rings. The minimum absolute atomic E-state index is 0.0844. The number of nitrogens with one attached hydrogen (secondary N) is 1. The monoisotopic (exact) mass is 333 g/mol. The van der Waals surface area contributed by atoms with E-state index in [1.807, 2.05) is 6.07 Å². The van der Waals surface area contributed by atoms with Gasteiger partial charge in [-0.1, -0.05) is 11.6 Å². The summed E-state index contributed by atoms with van der Waals surface area (Å²) in [6.45, 7) is 0.722. The fourth-order valence-electron chi connectivity index (χ4n) is 2.26. The van der Waals surface area contributed by atoms with Gasteiger partial charge in [0.15, 0.2) is 0 Å². The van der Waals surface area contributed by atoms with Crippen molar-refractivity contribution in [2.24, 2.45) is 0 Å². The van der Waals surface area contributed by atoms with Crippen LogP contribution in [0.15, 0.2) is 16.6 Å². The fraction of sp³-hybridized carbons (Fsp3) is 0.538. The molecule has 1 aromatic rings. The van der Waals surface area contributed by atoms with Gasteiger partial charge in [0.2, 0.25) is 0 Å². The van der Waals surface area contributed by atoms with E-state index in [1.165, 1.54) is 0 Å². The van der Waals surface area contributed by atoms with Crippen molar-refractivity contribution in [3.8, 4) is 5.75 Å². The van der Waals surface area contributed by atoms with Crippen molar-refractivity contribution < 1.29 is 10.2 Å². The fourth-order valence-corrected chi connectivity index (χ4v) is 3.13. The first kappa shape index (κ1) is 14.1. The summed E-state index contributed by atoms with van der Waals surface area (Å²) in [6.07, 6.45) is 3.64. The molecule has 18 heavy (non-hydrogen) atoms. The summed E-state index contributed by atoms with van der Waals surface area (Å²) >= 11 is 9.19. The SMILES string of the molecule is Oc1c(Cl)cc(CNC2CCC(O)CC2)cc1Br. The molecule has 5 heteroatoms. The molecule has 3 N–H and O–H groups in total. The molecule has 1 aromatic carbocycles. The molecule has 0 spiro atoms. The highest BCUT2D eigenvalue weighted by Crippen LogP contribution is 2.33. The molecule has 2 rings (SSSR count). The summed E-state index contributed by atoms with van der Waals surface area (Å²) in [4.78, 5) is 0. The van der Waals surface area contributed by atoms with E-state index in [4.69, 9.17) is 11.6 Å². The number of hydrogen-bond donors (Lipinski definition) is 3. The molecule has 3 nitrogen and oxygen atoms in total. The van der Waals surface area contributed by atoms with Crippen LogP contribution in [-0.4, -0.2) is 22.4 Å². The van der Waals surface area contributed by atoms with Crippen molar-refractivity contribution in [1.82, 2.24) is 5.32 Å². The molecule has 1 aliphatic carbocycles. The largest absolute Gasteiger partial charge is 0.505 e. The summed E-state index contributed by atoms with van der Waals surface area (Å²) < 4.78 is 0.617. The van der Waals surface area contributed by atoms with Crippen LogP contribution in [0, 0.1) is 0 Å². The molecular weight excluding hydrogens is 318 g/mol. The first-order chi connectivity index (χ1) is 8.56. The van der Waals surface area contributed by atoms with Gasteiger partial charge in [-0.05, 0) is 59.3 Å². The van der Waals surface area contributed by atoms with Gasteiger partial charge in [0.25, 0.3) is 0 Å². The summed E-state index contributed by atoms with van der Waals surface area (Å²) in [6, 6.07) is 4.10. The van der Waals surface area contributed by atoms with E-state index < -0.39 is 0 Å². The third-order valence-electron chi connectivity index (χ3n) is 3.37. The average molecular weight is 335 g/mol. The summed E-state index contributed by atoms with van der Waals surface area (Å²) in [5, 5.41) is 22.8. The maximum Gasteiger partial charge on any atom is 0.148 e. The van der Waals surface area contributed by atoms with Crippen LogP contribution < -0.4 is 5.32 Å². The topological polar surface area (TPSA) is 52.5 Å². The van der Waals surface area contributed by atoms with Crippen molar-refractivity contribution in [1.29, 1.82) is 0 Å². The van der Waals surface area contributed by atoms with Crippen molar-refractivity contribution >= 4 is 27.5 Å². The summed E-state index contributed by atoms with van der Waals surface area (Å²) in [5.41, 5.74) is 1.04. The van der Waals surface area contributed by atoms with Crippen LogP contribution in [0.1, 0.15) is 31.2 Å². The lowest BCUT2D eigenvalue weighted by Gasteiger charge is -2.26. The Morgan fingerprint density at radius 2 is 1.94 bits per heavy atom. The summed E-state index contributed by atoms with van der Waals surface area (Å²) in [7, 11) is 0. The number of hydrogen-bond acceptors (Lipinski definition) is 3. The van der Waals surface area contributed by atoms with Gasteiger partial charge in [-0.3, -0.25) is 0 Å². The van der Waals surface area contributed by atoms with Crippen molar-refractivity contribution in [3.63, 3.8) is 0 Å². The van der Waals surface area contributed by atoms with Crippen molar-refractivity contribution in [3.05, 3.63) is 27.2 Å². The molecule has 0 saturated heterocycles. The number of halogens is 2. The normalized spacial score (nSPS) is 24.2. The smallest absolute Gasteiger partial charge is 0.148 e. The predicted molar refractivity (Wildman–Crippen MR) is 75.9 cm³/mol. The Kier molecular flexibility index (Phi) is 4.90. The third kappa shape index (κ3) is 3.60. The lowest BCUT2D eigenvalue weighted by atomic mass is 9.93. The van der Waals surface area contributed by atoms with Crippen LogP contribution in [0.25, 0.3) is 0 Å². The van der Waals surface area contributed by atoms with Gasteiger partial charge >= 0.3 is 0 Å². The molecule has 0 aliphatic heterocycles. The second kappa shape index (κ2) is 6.24. The van der Waals surface area contributed by atoms with Gasteiger partial charge in [-0.25, -0.2) is 0 Å². The predicted octanol–water partition coefficient (Wildman–Crippen LogP) is 3.20. The quantitative estimate of drug-likeness (QED) is 0.795. The Hall–Kier alpha value is -0.290. The lowest BCUT2D eigenvalue weighted by molar-refractivity contribution is 0.116. The zero-order valence-corrected chi connectivity index (χ0v) is 12.3. The molecule has 1 saturated carbocycles. The van der Waals surface area contributed by atoms with Gasteiger partial charge < -0.3 is 15.5 Å². The van der Waals surface area contributed by atoms with E-state index in [9.17, 15) is 10.2 Å². The van der Waals surface area contributed by atoms with E-state index in [1.54, 1.807) is 6.07 Å². The van der Waals surface area contributed by atoms with Crippen molar-refractivity contribution in [2.45, 2.75) is 44.4 Å². The number of aliphatic hydroxyl groups is 1. The highest BCUT2D eigenvalue weighted by molar-refractivity contribution is 9.10. The first-order valence-corrected chi connectivity index (χ1v) is 7.31. The number of phenolic OH excluding ortho intramolecular Hbond substituents is 1.